The van der Waals surface area contributed by atoms with Gasteiger partial charge in [0.2, 0.25) is 0 Å². The number of alkyl halides is 2. The number of amides is 1. The van der Waals surface area contributed by atoms with Crippen molar-refractivity contribution in [2.24, 2.45) is 0 Å². The van der Waals surface area contributed by atoms with Crippen LogP contribution in [0.1, 0.15) is 12.5 Å². The Bertz CT molecular complexity index is 507. The molecule has 0 aromatic heterocycles. The van der Waals surface area contributed by atoms with E-state index in [0.29, 0.717) is 5.56 Å². The number of aliphatic hydroxyl groups is 1. The maximum absolute atomic E-state index is 12.8. The van der Waals surface area contributed by atoms with Gasteiger partial charge in [-0.2, -0.15) is 0 Å². The first-order valence-electron chi connectivity index (χ1n) is 6.34. The molecule has 0 aliphatic carbocycles. The van der Waals surface area contributed by atoms with Gasteiger partial charge in [0.05, 0.1) is 7.11 Å². The Morgan fingerprint density at radius 3 is 2.41 bits per heavy atom. The number of ether oxygens (including phenoxy) is 2. The molecular formula is C14H17F2NO5. The van der Waals surface area contributed by atoms with Crippen LogP contribution in [0.2, 0.25) is 0 Å². The first kappa shape index (κ1) is 17.8. The van der Waals surface area contributed by atoms with Crippen molar-refractivity contribution in [3.8, 4) is 0 Å². The third kappa shape index (κ3) is 4.66. The molecule has 0 heterocycles. The highest BCUT2D eigenvalue weighted by Crippen LogP contribution is 2.20. The summed E-state index contributed by atoms with van der Waals surface area (Å²) in [4.78, 5) is 23.1. The van der Waals surface area contributed by atoms with E-state index in [-0.39, 0.29) is 6.61 Å². The maximum Gasteiger partial charge on any atom is 0.408 e. The van der Waals surface area contributed by atoms with Crippen LogP contribution in [0.5, 0.6) is 0 Å². The summed E-state index contributed by atoms with van der Waals surface area (Å²) in [6.07, 6.45) is -4.40. The van der Waals surface area contributed by atoms with Crippen molar-refractivity contribution in [3.63, 3.8) is 0 Å². The van der Waals surface area contributed by atoms with Crippen LogP contribution in [-0.4, -0.2) is 42.3 Å². The van der Waals surface area contributed by atoms with E-state index in [2.05, 4.69) is 4.74 Å². The van der Waals surface area contributed by atoms with Gasteiger partial charge in [-0.3, -0.25) is 0 Å². The van der Waals surface area contributed by atoms with Crippen molar-refractivity contribution in [1.82, 2.24) is 5.32 Å². The van der Waals surface area contributed by atoms with E-state index in [1.54, 1.807) is 30.3 Å². The summed E-state index contributed by atoms with van der Waals surface area (Å²) in [5, 5.41) is 11.6. The average Bonchev–Trinajstić information content (AvgIpc) is 2.50. The monoisotopic (exact) mass is 317 g/mol. The van der Waals surface area contributed by atoms with Crippen LogP contribution in [0.15, 0.2) is 30.3 Å². The fraction of sp³-hybridized carbons (Fsp3) is 0.429. The largest absolute Gasteiger partial charge is 0.467 e. The number of benzene rings is 1. The molecule has 0 bridgehead atoms. The second-order valence-electron chi connectivity index (χ2n) is 4.69. The lowest BCUT2D eigenvalue weighted by Crippen LogP contribution is -2.59. The minimum absolute atomic E-state index is 0.114. The minimum atomic E-state index is -3.27. The van der Waals surface area contributed by atoms with E-state index >= 15 is 0 Å². The number of hydrogen-bond donors (Lipinski definition) is 2. The number of nitrogens with one attached hydrogen (secondary N) is 1. The zero-order chi connectivity index (χ0) is 16.8. The van der Waals surface area contributed by atoms with E-state index in [1.807, 2.05) is 5.32 Å². The average molecular weight is 317 g/mol. The summed E-state index contributed by atoms with van der Waals surface area (Å²) in [5.41, 5.74) is -2.12. The summed E-state index contributed by atoms with van der Waals surface area (Å²) < 4.78 is 34.7. The molecule has 0 unspecified atom stereocenters. The molecule has 1 aromatic rings. The second kappa shape index (κ2) is 7.69. The first-order valence-corrected chi connectivity index (χ1v) is 6.34. The molecule has 0 aliphatic heterocycles. The summed E-state index contributed by atoms with van der Waals surface area (Å²) in [7, 11) is 0.952. The highest BCUT2D eigenvalue weighted by atomic mass is 19.3. The Labute approximate surface area is 126 Å². The van der Waals surface area contributed by atoms with Gasteiger partial charge in [-0.05, 0) is 12.5 Å². The molecule has 122 valence electrons. The third-order valence-corrected chi connectivity index (χ3v) is 2.94. The molecule has 2 N–H and O–H groups in total. The standard InChI is InChI=1S/C14H17F2NO5/c1-14(20,12(15)16)10(11(18)21-2)17-13(19)22-8-9-6-4-3-5-7-9/h3-7,10,12,20H,8H2,1-2H3,(H,17,19)/t10-,14+/m1/s1. The van der Waals surface area contributed by atoms with Gasteiger partial charge in [-0.1, -0.05) is 30.3 Å². The van der Waals surface area contributed by atoms with Gasteiger partial charge >= 0.3 is 12.1 Å². The zero-order valence-electron chi connectivity index (χ0n) is 12.1. The van der Waals surface area contributed by atoms with E-state index in [0.717, 1.165) is 14.0 Å². The lowest BCUT2D eigenvalue weighted by molar-refractivity contribution is -0.160. The molecule has 6 nitrogen and oxygen atoms in total. The summed E-state index contributed by atoms with van der Waals surface area (Å²) in [5.74, 6) is -1.21. The molecule has 0 saturated heterocycles. The van der Waals surface area contributed by atoms with E-state index in [4.69, 9.17) is 4.74 Å². The van der Waals surface area contributed by atoms with Gasteiger partial charge in [0, 0.05) is 0 Å². The molecule has 0 spiro atoms. The van der Waals surface area contributed by atoms with Crippen LogP contribution in [0.3, 0.4) is 0 Å². The lowest BCUT2D eigenvalue weighted by atomic mass is 9.97. The number of carbonyl (C=O) groups is 2. The topological polar surface area (TPSA) is 84.9 Å². The van der Waals surface area contributed by atoms with Crippen molar-refractivity contribution in [2.75, 3.05) is 7.11 Å². The van der Waals surface area contributed by atoms with Crippen molar-refractivity contribution in [2.45, 2.75) is 31.6 Å². The Kier molecular flexibility index (Phi) is 6.24. The Morgan fingerprint density at radius 2 is 1.91 bits per heavy atom. The summed E-state index contributed by atoms with van der Waals surface area (Å²) in [6.45, 7) is 0.605. The van der Waals surface area contributed by atoms with Gasteiger partial charge in [-0.25, -0.2) is 18.4 Å². The molecule has 0 fully saturated rings. The molecule has 1 aromatic carbocycles. The molecule has 2 atom stereocenters. The Hall–Kier alpha value is -2.22. The predicted molar refractivity (Wildman–Crippen MR) is 72.2 cm³/mol. The van der Waals surface area contributed by atoms with Gasteiger partial charge in [0.15, 0.2) is 11.6 Å². The number of rotatable bonds is 6. The highest BCUT2D eigenvalue weighted by Gasteiger charge is 2.47. The molecular weight excluding hydrogens is 300 g/mol. The molecule has 0 saturated carbocycles. The first-order chi connectivity index (χ1) is 10.3. The molecule has 1 amide bonds. The maximum atomic E-state index is 12.8. The highest BCUT2D eigenvalue weighted by molar-refractivity contribution is 5.82. The smallest absolute Gasteiger partial charge is 0.408 e. The van der Waals surface area contributed by atoms with E-state index < -0.39 is 30.1 Å². The Balaban J connectivity index is 2.69. The number of carbonyl (C=O) groups excluding carboxylic acids is 2. The van der Waals surface area contributed by atoms with Crippen molar-refractivity contribution in [1.29, 1.82) is 0 Å². The van der Waals surface area contributed by atoms with Gasteiger partial charge in [-0.15, -0.1) is 0 Å². The summed E-state index contributed by atoms with van der Waals surface area (Å²) in [6, 6.07) is 6.67. The number of methoxy groups -OCH3 is 1. The van der Waals surface area contributed by atoms with Gasteiger partial charge in [0.25, 0.3) is 6.43 Å². The van der Waals surface area contributed by atoms with Crippen LogP contribution in [0, 0.1) is 0 Å². The van der Waals surface area contributed by atoms with Gasteiger partial charge in [0.1, 0.15) is 6.61 Å². The predicted octanol–water partition coefficient (Wildman–Crippen LogP) is 1.47. The molecule has 22 heavy (non-hydrogen) atoms. The number of esters is 1. The molecule has 0 radical (unpaired) electrons. The SMILES string of the molecule is COC(=O)[C@@H](NC(=O)OCc1ccccc1)[C@](C)(O)C(F)F. The fourth-order valence-electron chi connectivity index (χ4n) is 1.57. The van der Waals surface area contributed by atoms with Crippen LogP contribution >= 0.6 is 0 Å². The van der Waals surface area contributed by atoms with Crippen molar-refractivity contribution in [3.05, 3.63) is 35.9 Å². The van der Waals surface area contributed by atoms with E-state index in [9.17, 15) is 23.5 Å². The van der Waals surface area contributed by atoms with Crippen LogP contribution in [0.25, 0.3) is 0 Å². The van der Waals surface area contributed by atoms with Crippen LogP contribution in [0.4, 0.5) is 13.6 Å². The molecule has 1 rings (SSSR count). The zero-order valence-corrected chi connectivity index (χ0v) is 12.1. The normalized spacial score (nSPS) is 14.8. The summed E-state index contributed by atoms with van der Waals surface area (Å²) >= 11 is 0. The van der Waals surface area contributed by atoms with Crippen molar-refractivity contribution < 1.29 is 33.0 Å². The second-order valence-corrected chi connectivity index (χ2v) is 4.69. The third-order valence-electron chi connectivity index (χ3n) is 2.94. The number of alkyl carbamates (subject to hydrolysis) is 1. The Morgan fingerprint density at radius 1 is 1.32 bits per heavy atom. The van der Waals surface area contributed by atoms with Crippen molar-refractivity contribution >= 4 is 12.1 Å². The minimum Gasteiger partial charge on any atom is -0.467 e. The van der Waals surface area contributed by atoms with Crippen LogP contribution < -0.4 is 5.32 Å². The molecule has 0 aliphatic rings. The fourth-order valence-corrected chi connectivity index (χ4v) is 1.57. The van der Waals surface area contributed by atoms with E-state index in [1.165, 1.54) is 0 Å². The number of hydrogen-bond acceptors (Lipinski definition) is 5. The van der Waals surface area contributed by atoms with Crippen LogP contribution in [-0.2, 0) is 20.9 Å². The number of halogens is 2. The lowest BCUT2D eigenvalue weighted by Gasteiger charge is -2.30. The quantitative estimate of drug-likeness (QED) is 0.776. The molecule has 8 heteroatoms. The van der Waals surface area contributed by atoms with Gasteiger partial charge < -0.3 is 19.9 Å².